The third-order valence-electron chi connectivity index (χ3n) is 4.71. The highest BCUT2D eigenvalue weighted by molar-refractivity contribution is 7.15. The Kier molecular flexibility index (Phi) is 7.02. The van der Waals surface area contributed by atoms with Gasteiger partial charge in [-0.1, -0.05) is 42.5 Å². The summed E-state index contributed by atoms with van der Waals surface area (Å²) in [6, 6.07) is 13.8. The van der Waals surface area contributed by atoms with E-state index in [-0.39, 0.29) is 6.61 Å². The lowest BCUT2D eigenvalue weighted by molar-refractivity contribution is -0.220. The van der Waals surface area contributed by atoms with Gasteiger partial charge in [0.2, 0.25) is 0 Å². The number of aryl methyl sites for hydroxylation is 1. The summed E-state index contributed by atoms with van der Waals surface area (Å²) in [5, 5.41) is 9.97. The number of benzene rings is 2. The minimum Gasteiger partial charge on any atom is -0.479 e. The van der Waals surface area contributed by atoms with Gasteiger partial charge >= 0.3 is 12.1 Å². The van der Waals surface area contributed by atoms with Gasteiger partial charge in [0.05, 0.1) is 22.7 Å². The molecule has 1 aromatic heterocycles. The number of halogens is 3. The normalized spacial score (nSPS) is 13.2. The van der Waals surface area contributed by atoms with Crippen LogP contribution in [0.1, 0.15) is 41.8 Å². The molecule has 0 amide bonds. The van der Waals surface area contributed by atoms with E-state index >= 15 is 0 Å². The molecule has 0 saturated carbocycles. The summed E-state index contributed by atoms with van der Waals surface area (Å²) in [5.74, 6) is -1.12. The number of carbonyl (C=O) groups is 1. The summed E-state index contributed by atoms with van der Waals surface area (Å²) in [5.41, 5.74) is -0.294. The van der Waals surface area contributed by atoms with Crippen LogP contribution in [0.4, 0.5) is 13.2 Å². The van der Waals surface area contributed by atoms with Crippen LogP contribution in [0.5, 0.6) is 0 Å². The van der Waals surface area contributed by atoms with Crippen molar-refractivity contribution in [1.82, 2.24) is 4.98 Å². The van der Waals surface area contributed by atoms with Crippen molar-refractivity contribution in [1.29, 1.82) is 0 Å². The third-order valence-corrected chi connectivity index (χ3v) is 5.89. The molecule has 9 heteroatoms. The third kappa shape index (κ3) is 5.73. The lowest BCUT2D eigenvalue weighted by Gasteiger charge is -2.27. The van der Waals surface area contributed by atoms with Crippen LogP contribution in [-0.2, 0) is 27.1 Å². The molecule has 0 aliphatic heterocycles. The van der Waals surface area contributed by atoms with E-state index in [1.807, 2.05) is 6.07 Å². The molecule has 2 aromatic carbocycles. The van der Waals surface area contributed by atoms with Gasteiger partial charge in [0.25, 0.3) is 0 Å². The largest absolute Gasteiger partial charge is 0.479 e. The topological polar surface area (TPSA) is 68.7 Å². The van der Waals surface area contributed by atoms with Crippen molar-refractivity contribution in [3.63, 3.8) is 0 Å². The fraction of sp³-hybridized carbons (Fsp3) is 0.304. The van der Waals surface area contributed by atoms with Crippen LogP contribution in [0, 0.1) is 6.92 Å². The first-order chi connectivity index (χ1) is 15.0. The van der Waals surface area contributed by atoms with Gasteiger partial charge in [-0.25, -0.2) is 9.78 Å². The minimum absolute atomic E-state index is 0.0966. The summed E-state index contributed by atoms with van der Waals surface area (Å²) >= 11 is 1.30. The highest BCUT2D eigenvalue weighted by Crippen LogP contribution is 2.34. The van der Waals surface area contributed by atoms with Crippen LogP contribution in [0.3, 0.4) is 0 Å². The van der Waals surface area contributed by atoms with E-state index in [9.17, 15) is 23.1 Å². The molecule has 3 rings (SSSR count). The zero-order valence-corrected chi connectivity index (χ0v) is 18.5. The van der Waals surface area contributed by atoms with E-state index in [1.54, 1.807) is 31.2 Å². The zero-order valence-electron chi connectivity index (χ0n) is 17.6. The highest BCUT2D eigenvalue weighted by Gasteiger charge is 2.33. The van der Waals surface area contributed by atoms with Crippen molar-refractivity contribution in [2.75, 3.05) is 0 Å². The molecule has 5 nitrogen and oxygen atoms in total. The molecule has 32 heavy (non-hydrogen) atoms. The zero-order chi connectivity index (χ0) is 23.5. The monoisotopic (exact) mass is 465 g/mol. The van der Waals surface area contributed by atoms with E-state index in [2.05, 4.69) is 4.98 Å². The lowest BCUT2D eigenvalue weighted by Crippen LogP contribution is -2.36. The Hall–Kier alpha value is -2.75. The molecule has 1 heterocycles. The van der Waals surface area contributed by atoms with Gasteiger partial charge in [-0.3, -0.25) is 0 Å². The first-order valence-electron chi connectivity index (χ1n) is 9.69. The van der Waals surface area contributed by atoms with E-state index in [0.717, 1.165) is 17.0 Å². The quantitative estimate of drug-likeness (QED) is 0.399. The van der Waals surface area contributed by atoms with Crippen molar-refractivity contribution in [2.45, 2.75) is 45.4 Å². The molecule has 170 valence electrons. The first-order valence-corrected chi connectivity index (χ1v) is 10.5. The number of carboxylic acids is 1. The number of thiazole rings is 1. The Morgan fingerprint density at radius 1 is 1.09 bits per heavy atom. The first kappa shape index (κ1) is 23.9. The van der Waals surface area contributed by atoms with Crippen molar-refractivity contribution in [2.24, 2.45) is 0 Å². The molecular formula is C23H22F3NO4S. The van der Waals surface area contributed by atoms with E-state index < -0.39 is 29.6 Å². The van der Waals surface area contributed by atoms with Crippen molar-refractivity contribution >= 4 is 17.3 Å². The Labute approximate surface area is 187 Å². The van der Waals surface area contributed by atoms with Gasteiger partial charge in [0, 0.05) is 11.1 Å². The highest BCUT2D eigenvalue weighted by atomic mass is 32.1. The molecule has 1 N–H and O–H groups in total. The molecule has 3 aromatic rings. The van der Waals surface area contributed by atoms with Crippen LogP contribution in [0.2, 0.25) is 0 Å². The van der Waals surface area contributed by atoms with Crippen LogP contribution in [0.15, 0.2) is 54.6 Å². The standard InChI is InChI=1S/C23H22F3NO4S/c1-14-18(32-19(27-14)15-9-11-17(12-10-15)23(24,25)26)13-30-20(16-7-5-4-6-8-16)31-22(2,3)21(28)29/h4-12,20H,13H2,1-3H3,(H,28,29). The maximum Gasteiger partial charge on any atom is 0.416 e. The Bertz CT molecular complexity index is 1060. The number of rotatable bonds is 8. The number of aromatic nitrogens is 1. The average Bonchev–Trinajstić information content (AvgIpc) is 3.11. The molecule has 0 aliphatic carbocycles. The fourth-order valence-corrected chi connectivity index (χ4v) is 3.76. The summed E-state index contributed by atoms with van der Waals surface area (Å²) in [4.78, 5) is 16.7. The van der Waals surface area contributed by atoms with Crippen LogP contribution >= 0.6 is 11.3 Å². The maximum atomic E-state index is 12.8. The number of nitrogens with zero attached hydrogens (tertiary/aromatic N) is 1. The number of aliphatic carboxylic acids is 1. The maximum absolute atomic E-state index is 12.8. The van der Waals surface area contributed by atoms with Gasteiger partial charge in [-0.2, -0.15) is 13.2 Å². The van der Waals surface area contributed by atoms with Gasteiger partial charge in [-0.15, -0.1) is 11.3 Å². The van der Waals surface area contributed by atoms with Gasteiger partial charge in [0.15, 0.2) is 11.9 Å². The SMILES string of the molecule is Cc1nc(-c2ccc(C(F)(F)F)cc2)sc1COC(OC(C)(C)C(=O)O)c1ccccc1. The fourth-order valence-electron chi connectivity index (χ4n) is 2.77. The molecular weight excluding hydrogens is 443 g/mol. The number of carboxylic acid groups (broad SMARTS) is 1. The minimum atomic E-state index is -4.40. The van der Waals surface area contributed by atoms with Crippen molar-refractivity contribution < 1.29 is 32.5 Å². The molecule has 1 atom stereocenters. The summed E-state index contributed by atoms with van der Waals surface area (Å²) in [7, 11) is 0. The second-order valence-corrected chi connectivity index (χ2v) is 8.67. The summed E-state index contributed by atoms with van der Waals surface area (Å²) in [6.07, 6.45) is -5.33. The number of alkyl halides is 3. The molecule has 0 spiro atoms. The molecule has 1 unspecified atom stereocenters. The number of hydrogen-bond donors (Lipinski definition) is 1. The van der Waals surface area contributed by atoms with Crippen molar-refractivity contribution in [3.8, 4) is 10.6 Å². The Balaban J connectivity index is 1.78. The Morgan fingerprint density at radius 2 is 1.72 bits per heavy atom. The molecule has 0 aliphatic rings. The van der Waals surface area contributed by atoms with Crippen LogP contribution in [-0.4, -0.2) is 21.7 Å². The van der Waals surface area contributed by atoms with E-state index in [1.165, 1.54) is 37.3 Å². The van der Waals surface area contributed by atoms with Gasteiger partial charge in [-0.05, 0) is 32.9 Å². The predicted molar refractivity (Wildman–Crippen MR) is 114 cm³/mol. The second-order valence-electron chi connectivity index (χ2n) is 7.59. The summed E-state index contributed by atoms with van der Waals surface area (Å²) < 4.78 is 50.1. The average molecular weight is 465 g/mol. The molecule has 0 bridgehead atoms. The van der Waals surface area contributed by atoms with Gasteiger partial charge in [0.1, 0.15) is 5.01 Å². The smallest absolute Gasteiger partial charge is 0.416 e. The van der Waals surface area contributed by atoms with Crippen LogP contribution in [0.25, 0.3) is 10.6 Å². The van der Waals surface area contributed by atoms with Crippen molar-refractivity contribution in [3.05, 3.63) is 76.3 Å². The number of hydrogen-bond acceptors (Lipinski definition) is 5. The van der Waals surface area contributed by atoms with Crippen LogP contribution < -0.4 is 0 Å². The molecule has 0 fully saturated rings. The lowest BCUT2D eigenvalue weighted by atomic mass is 10.1. The van der Waals surface area contributed by atoms with E-state index in [0.29, 0.717) is 21.8 Å². The second kappa shape index (κ2) is 9.40. The summed E-state index contributed by atoms with van der Waals surface area (Å²) in [6.45, 7) is 4.76. The Morgan fingerprint density at radius 3 is 2.28 bits per heavy atom. The predicted octanol–water partition coefficient (Wildman–Crippen LogP) is 6.23. The van der Waals surface area contributed by atoms with E-state index in [4.69, 9.17) is 9.47 Å². The number of ether oxygens (including phenoxy) is 2. The van der Waals surface area contributed by atoms with Gasteiger partial charge < -0.3 is 14.6 Å². The molecule has 0 radical (unpaired) electrons. The molecule has 0 saturated heterocycles.